The van der Waals surface area contributed by atoms with Gasteiger partial charge in [0.2, 0.25) is 15.9 Å². The van der Waals surface area contributed by atoms with E-state index in [1.807, 2.05) is 0 Å². The number of benzene rings is 2. The van der Waals surface area contributed by atoms with Crippen LogP contribution in [0.4, 0.5) is 5.13 Å². The molecule has 0 radical (unpaired) electrons. The highest BCUT2D eigenvalue weighted by atomic mass is 35.5. The molecule has 1 N–H and O–H groups in total. The summed E-state index contributed by atoms with van der Waals surface area (Å²) in [5.41, 5.74) is 2.04. The molecular weight excluding hydrogens is 456 g/mol. The zero-order valence-electron chi connectivity index (χ0n) is 16.2. The highest BCUT2D eigenvalue weighted by Crippen LogP contribution is 2.29. The van der Waals surface area contributed by atoms with E-state index in [1.54, 1.807) is 29.6 Å². The molecule has 1 aromatic heterocycles. The molecule has 1 aliphatic heterocycles. The first-order valence-electron chi connectivity index (χ1n) is 9.43. The zero-order chi connectivity index (χ0) is 22.0. The molecule has 2 aromatic carbocycles. The van der Waals surface area contributed by atoms with Crippen LogP contribution in [0.25, 0.3) is 11.3 Å². The molecule has 0 saturated carbocycles. The maximum absolute atomic E-state index is 13.0. The normalized spacial score (nSPS) is 16.7. The van der Waals surface area contributed by atoms with Gasteiger partial charge in [-0.1, -0.05) is 23.7 Å². The summed E-state index contributed by atoms with van der Waals surface area (Å²) >= 11 is 7.12. The van der Waals surface area contributed by atoms with Crippen LogP contribution < -0.4 is 5.32 Å². The summed E-state index contributed by atoms with van der Waals surface area (Å²) in [6.07, 6.45) is 1.03. The van der Waals surface area contributed by atoms with Gasteiger partial charge in [-0.15, -0.1) is 11.3 Å². The number of carbonyl (C=O) groups is 1. The third-order valence-electron chi connectivity index (χ3n) is 4.97. The number of aromatic nitrogens is 1. The molecule has 4 rings (SSSR count). The van der Waals surface area contributed by atoms with Crippen molar-refractivity contribution >= 4 is 44.0 Å². The van der Waals surface area contributed by atoms with Crippen molar-refractivity contribution in [1.29, 1.82) is 5.26 Å². The molecule has 2 heterocycles. The quantitative estimate of drug-likeness (QED) is 0.601. The number of anilines is 1. The van der Waals surface area contributed by atoms with Crippen molar-refractivity contribution in [3.8, 4) is 17.3 Å². The van der Waals surface area contributed by atoms with Gasteiger partial charge >= 0.3 is 0 Å². The van der Waals surface area contributed by atoms with E-state index >= 15 is 0 Å². The number of amides is 1. The number of rotatable bonds is 5. The Bertz CT molecular complexity index is 1250. The number of nitrogens with one attached hydrogen (secondary N) is 1. The minimum Gasteiger partial charge on any atom is -0.301 e. The van der Waals surface area contributed by atoms with Crippen LogP contribution in [-0.4, -0.2) is 36.2 Å². The average molecular weight is 473 g/mol. The van der Waals surface area contributed by atoms with Gasteiger partial charge in [-0.3, -0.25) is 4.79 Å². The summed E-state index contributed by atoms with van der Waals surface area (Å²) in [7, 11) is -3.82. The number of hydrogen-bond donors (Lipinski definition) is 1. The van der Waals surface area contributed by atoms with Crippen LogP contribution in [0.5, 0.6) is 0 Å². The number of sulfonamides is 1. The second kappa shape index (κ2) is 8.77. The Balaban J connectivity index is 1.50. The molecule has 1 aliphatic rings. The van der Waals surface area contributed by atoms with Gasteiger partial charge in [-0.05, 0) is 49.2 Å². The minimum atomic E-state index is -3.82. The average Bonchev–Trinajstić information content (AvgIpc) is 3.44. The van der Waals surface area contributed by atoms with Crippen LogP contribution in [0.3, 0.4) is 0 Å². The van der Waals surface area contributed by atoms with Gasteiger partial charge in [0.1, 0.15) is 6.04 Å². The van der Waals surface area contributed by atoms with E-state index in [-0.39, 0.29) is 11.4 Å². The fraction of sp³-hybridized carbons (Fsp3) is 0.190. The van der Waals surface area contributed by atoms with Gasteiger partial charge in [0.05, 0.1) is 22.2 Å². The molecule has 7 nitrogen and oxygen atoms in total. The van der Waals surface area contributed by atoms with Crippen LogP contribution in [0, 0.1) is 11.3 Å². The van der Waals surface area contributed by atoms with Crippen molar-refractivity contribution in [2.45, 2.75) is 23.8 Å². The van der Waals surface area contributed by atoms with Crippen LogP contribution in [0.2, 0.25) is 5.02 Å². The Hall–Kier alpha value is -2.77. The molecule has 31 heavy (non-hydrogen) atoms. The third kappa shape index (κ3) is 4.48. The molecule has 10 heteroatoms. The lowest BCUT2D eigenvalue weighted by Gasteiger charge is -2.23. The summed E-state index contributed by atoms with van der Waals surface area (Å²) in [4.78, 5) is 17.4. The summed E-state index contributed by atoms with van der Waals surface area (Å²) in [5.74, 6) is -0.407. The first-order chi connectivity index (χ1) is 14.9. The standard InChI is InChI=1S/C21H17ClN4O3S2/c22-16-7-9-17(10-8-16)31(28,29)26-11-1-2-19(26)20(27)25-21-24-18(13-30-21)15-5-3-14(12-23)4-6-15/h3-10,13,19H,1-2,11H2,(H,24,25,27)/t19-/m1/s1. The Morgan fingerprint density at radius 1 is 1.19 bits per heavy atom. The Morgan fingerprint density at radius 3 is 2.58 bits per heavy atom. The maximum Gasteiger partial charge on any atom is 0.244 e. The predicted octanol–water partition coefficient (Wildman–Crippen LogP) is 4.13. The molecule has 1 saturated heterocycles. The zero-order valence-corrected chi connectivity index (χ0v) is 18.5. The van der Waals surface area contributed by atoms with E-state index in [0.29, 0.717) is 34.3 Å². The van der Waals surface area contributed by atoms with Crippen molar-refractivity contribution < 1.29 is 13.2 Å². The van der Waals surface area contributed by atoms with E-state index in [9.17, 15) is 13.2 Å². The van der Waals surface area contributed by atoms with Crippen LogP contribution >= 0.6 is 22.9 Å². The van der Waals surface area contributed by atoms with E-state index in [4.69, 9.17) is 16.9 Å². The smallest absolute Gasteiger partial charge is 0.244 e. The Labute approximate surface area is 189 Å². The molecule has 158 valence electrons. The predicted molar refractivity (Wildman–Crippen MR) is 119 cm³/mol. The Morgan fingerprint density at radius 2 is 1.90 bits per heavy atom. The highest BCUT2D eigenvalue weighted by Gasteiger charge is 2.39. The van der Waals surface area contributed by atoms with E-state index in [0.717, 1.165) is 5.56 Å². The Kier molecular flexibility index (Phi) is 6.07. The van der Waals surface area contributed by atoms with Crippen molar-refractivity contribution in [3.05, 3.63) is 64.5 Å². The van der Waals surface area contributed by atoms with Gasteiger partial charge in [0.15, 0.2) is 5.13 Å². The molecule has 1 fully saturated rings. The van der Waals surface area contributed by atoms with Crippen molar-refractivity contribution in [3.63, 3.8) is 0 Å². The van der Waals surface area contributed by atoms with E-state index < -0.39 is 22.0 Å². The lowest BCUT2D eigenvalue weighted by Crippen LogP contribution is -2.43. The molecule has 0 bridgehead atoms. The molecular formula is C21H17ClN4O3S2. The maximum atomic E-state index is 13.0. The van der Waals surface area contributed by atoms with Crippen molar-refractivity contribution in [2.24, 2.45) is 0 Å². The lowest BCUT2D eigenvalue weighted by molar-refractivity contribution is -0.119. The van der Waals surface area contributed by atoms with Gasteiger partial charge in [0.25, 0.3) is 0 Å². The molecule has 1 atom stereocenters. The number of nitrogens with zero attached hydrogens (tertiary/aromatic N) is 3. The van der Waals surface area contributed by atoms with Crippen LogP contribution in [-0.2, 0) is 14.8 Å². The van der Waals surface area contributed by atoms with E-state index in [2.05, 4.69) is 16.4 Å². The molecule has 0 spiro atoms. The second-order valence-corrected chi connectivity index (χ2v) is 10.1. The number of carbonyl (C=O) groups excluding carboxylic acids is 1. The number of halogens is 1. The molecule has 0 unspecified atom stereocenters. The first kappa shape index (κ1) is 21.5. The summed E-state index contributed by atoms with van der Waals surface area (Å²) in [5, 5.41) is 14.3. The SMILES string of the molecule is N#Cc1ccc(-c2csc(NC(=O)[C@H]3CCCN3S(=O)(=O)c3ccc(Cl)cc3)n2)cc1. The van der Waals surface area contributed by atoms with Gasteiger partial charge < -0.3 is 5.32 Å². The molecule has 1 amide bonds. The lowest BCUT2D eigenvalue weighted by atomic mass is 10.1. The van der Waals surface area contributed by atoms with Crippen LogP contribution in [0.15, 0.2) is 58.8 Å². The first-order valence-corrected chi connectivity index (χ1v) is 12.1. The highest BCUT2D eigenvalue weighted by molar-refractivity contribution is 7.89. The fourth-order valence-electron chi connectivity index (χ4n) is 3.40. The van der Waals surface area contributed by atoms with E-state index in [1.165, 1.54) is 39.9 Å². The summed E-state index contributed by atoms with van der Waals surface area (Å²) < 4.78 is 27.3. The minimum absolute atomic E-state index is 0.106. The third-order valence-corrected chi connectivity index (χ3v) is 7.90. The summed E-state index contributed by atoms with van der Waals surface area (Å²) in [6.45, 7) is 0.275. The number of nitriles is 1. The second-order valence-electron chi connectivity index (χ2n) is 6.94. The molecule has 0 aliphatic carbocycles. The number of thiazole rings is 1. The van der Waals surface area contributed by atoms with Gasteiger partial charge in [0, 0.05) is 22.5 Å². The topological polar surface area (TPSA) is 103 Å². The largest absolute Gasteiger partial charge is 0.301 e. The molecule has 3 aromatic rings. The number of hydrogen-bond acceptors (Lipinski definition) is 6. The van der Waals surface area contributed by atoms with Gasteiger partial charge in [-0.25, -0.2) is 13.4 Å². The fourth-order valence-corrected chi connectivity index (χ4v) is 5.90. The van der Waals surface area contributed by atoms with Gasteiger partial charge in [-0.2, -0.15) is 9.57 Å². The monoisotopic (exact) mass is 472 g/mol. The van der Waals surface area contributed by atoms with Crippen molar-refractivity contribution in [1.82, 2.24) is 9.29 Å². The van der Waals surface area contributed by atoms with Crippen LogP contribution in [0.1, 0.15) is 18.4 Å². The van der Waals surface area contributed by atoms with Crippen molar-refractivity contribution in [2.75, 3.05) is 11.9 Å². The summed E-state index contributed by atoms with van der Waals surface area (Å²) in [6, 6.07) is 14.1.